The highest BCUT2D eigenvalue weighted by molar-refractivity contribution is 6.00. The normalized spacial score (nSPS) is 20.6. The average molecular weight is 946 g/mol. The zero-order valence-corrected chi connectivity index (χ0v) is 41.1. The molecule has 0 saturated carbocycles. The van der Waals surface area contributed by atoms with E-state index >= 15 is 0 Å². The van der Waals surface area contributed by atoms with Crippen LogP contribution in [0.15, 0.2) is 77.6 Å². The topological polar surface area (TPSA) is 144 Å². The number of aryl methyl sites for hydroxylation is 2. The van der Waals surface area contributed by atoms with E-state index in [1.54, 1.807) is 16.2 Å². The number of carbonyl (C=O) groups is 4. The van der Waals surface area contributed by atoms with E-state index in [1.807, 2.05) is 43.3 Å². The Kier molecular flexibility index (Phi) is 13.6. The molecule has 1 aromatic heterocycles. The van der Waals surface area contributed by atoms with Gasteiger partial charge in [0.15, 0.2) is 0 Å². The molecule has 5 aliphatic rings. The van der Waals surface area contributed by atoms with Gasteiger partial charge in [-0.2, -0.15) is 0 Å². The third-order valence-electron chi connectivity index (χ3n) is 16.1. The van der Waals surface area contributed by atoms with Crippen molar-refractivity contribution in [3.63, 3.8) is 0 Å². The Balaban J connectivity index is 0.677. The second-order valence-corrected chi connectivity index (χ2v) is 20.6. The van der Waals surface area contributed by atoms with Crippen LogP contribution in [0.5, 0.6) is 0 Å². The zero-order chi connectivity index (χ0) is 48.6. The molecule has 0 aliphatic carbocycles. The van der Waals surface area contributed by atoms with Crippen molar-refractivity contribution in [1.29, 1.82) is 0 Å². The summed E-state index contributed by atoms with van der Waals surface area (Å²) in [5, 5.41) is 12.3. The predicted molar refractivity (Wildman–Crippen MR) is 275 cm³/mol. The van der Waals surface area contributed by atoms with Crippen LogP contribution < -0.4 is 26.5 Å². The summed E-state index contributed by atoms with van der Waals surface area (Å²) in [6.45, 7) is 12.2. The van der Waals surface area contributed by atoms with Crippen LogP contribution in [-0.2, 0) is 21.4 Å². The molecule has 366 valence electrons. The first kappa shape index (κ1) is 47.3. The number of fused-ring (bicyclic) bond motifs is 2. The van der Waals surface area contributed by atoms with Crippen LogP contribution in [0.2, 0.25) is 0 Å². The fourth-order valence-corrected chi connectivity index (χ4v) is 11.5. The lowest BCUT2D eigenvalue weighted by atomic mass is 9.90. The van der Waals surface area contributed by atoms with Gasteiger partial charge >= 0.3 is 5.69 Å². The second kappa shape index (κ2) is 20.1. The molecule has 70 heavy (non-hydrogen) atoms. The molecule has 14 heteroatoms. The molecule has 0 bridgehead atoms. The number of likely N-dealkylation sites (N-methyl/N-ethyl adjacent to an activating group) is 1. The minimum atomic E-state index is -0.698. The number of aromatic nitrogens is 2. The summed E-state index contributed by atoms with van der Waals surface area (Å²) in [4.78, 5) is 74.1. The van der Waals surface area contributed by atoms with Crippen molar-refractivity contribution < 1.29 is 19.2 Å². The van der Waals surface area contributed by atoms with Crippen LogP contribution in [0.1, 0.15) is 97.4 Å². The maximum absolute atomic E-state index is 13.8. The standard InChI is InChI=1S/C56H67N9O5/c1-36-9-13-42(59-43-33-57-34-43)31-48(36)53(67)58-37(2)45-15-12-40(46-7-5-6-8-47(45)46)11-10-38-19-25-62(26-20-38)35-39-21-27-64(28-22-39)54(68)41-23-29-63(30-24-41)44-14-16-49-51(32-44)60(3)56(70)65(49)50-17-18-52(66)61(4)55(50)69/h5-9,12-16,31-32,37-39,41,43,50,57,59H,17-30,33-35H2,1-4H3,(H,58,67)/t37-,50?/m1/s1. The molecule has 6 heterocycles. The molecule has 0 radical (unpaired) electrons. The van der Waals surface area contributed by atoms with Gasteiger partial charge in [0.25, 0.3) is 11.8 Å². The number of amides is 4. The molecule has 10 rings (SSSR count). The second-order valence-electron chi connectivity index (χ2n) is 20.6. The van der Waals surface area contributed by atoms with Gasteiger partial charge in [0.1, 0.15) is 6.04 Å². The molecule has 5 fully saturated rings. The number of hydrogen-bond donors (Lipinski definition) is 3. The van der Waals surface area contributed by atoms with E-state index in [9.17, 15) is 24.0 Å². The van der Waals surface area contributed by atoms with Crippen molar-refractivity contribution in [2.24, 2.45) is 24.8 Å². The largest absolute Gasteiger partial charge is 0.380 e. The molecule has 4 aromatic carbocycles. The molecule has 5 saturated heterocycles. The smallest absolute Gasteiger partial charge is 0.329 e. The van der Waals surface area contributed by atoms with E-state index in [2.05, 4.69) is 85.8 Å². The highest BCUT2D eigenvalue weighted by Crippen LogP contribution is 2.33. The number of anilines is 2. The quantitative estimate of drug-likeness (QED) is 0.110. The van der Waals surface area contributed by atoms with Crippen LogP contribution in [0.4, 0.5) is 11.4 Å². The lowest BCUT2D eigenvalue weighted by Gasteiger charge is -2.39. The number of piperidine rings is 4. The van der Waals surface area contributed by atoms with Gasteiger partial charge in [-0.3, -0.25) is 33.2 Å². The Hall–Kier alpha value is -6.43. The molecule has 2 atom stereocenters. The molecule has 5 aliphatic heterocycles. The summed E-state index contributed by atoms with van der Waals surface area (Å²) in [6, 6.07) is 24.1. The molecule has 14 nitrogen and oxygen atoms in total. The number of imidazole rings is 1. The third kappa shape index (κ3) is 9.58. The highest BCUT2D eigenvalue weighted by atomic mass is 16.2. The van der Waals surface area contributed by atoms with Crippen molar-refractivity contribution in [3.8, 4) is 11.8 Å². The summed E-state index contributed by atoms with van der Waals surface area (Å²) in [6.07, 6.45) is 6.30. The third-order valence-corrected chi connectivity index (χ3v) is 16.1. The molecule has 3 N–H and O–H groups in total. The zero-order valence-electron chi connectivity index (χ0n) is 41.1. The van der Waals surface area contributed by atoms with Crippen LogP contribution in [0.3, 0.4) is 0 Å². The minimum Gasteiger partial charge on any atom is -0.380 e. The summed E-state index contributed by atoms with van der Waals surface area (Å²) in [7, 11) is 3.21. The Morgan fingerprint density at radius 1 is 0.800 bits per heavy atom. The van der Waals surface area contributed by atoms with Gasteiger partial charge in [0, 0.05) is 101 Å². The number of rotatable bonds is 10. The molecule has 4 amide bonds. The van der Waals surface area contributed by atoms with E-state index in [-0.39, 0.29) is 41.8 Å². The van der Waals surface area contributed by atoms with Crippen LogP contribution in [0.25, 0.3) is 21.8 Å². The van der Waals surface area contributed by atoms with Crippen LogP contribution >= 0.6 is 0 Å². The first-order valence-electron chi connectivity index (χ1n) is 25.6. The summed E-state index contributed by atoms with van der Waals surface area (Å²) in [5.41, 5.74) is 6.88. The lowest BCUT2D eigenvalue weighted by Crippen LogP contribution is -2.51. The van der Waals surface area contributed by atoms with E-state index in [0.29, 0.717) is 41.3 Å². The maximum atomic E-state index is 13.8. The number of hydrogen-bond acceptors (Lipinski definition) is 9. The lowest BCUT2D eigenvalue weighted by molar-refractivity contribution is -0.149. The Morgan fingerprint density at radius 2 is 1.54 bits per heavy atom. The summed E-state index contributed by atoms with van der Waals surface area (Å²) in [5.74, 6) is 7.80. The summed E-state index contributed by atoms with van der Waals surface area (Å²) >= 11 is 0. The van der Waals surface area contributed by atoms with Crippen molar-refractivity contribution in [1.82, 2.24) is 34.5 Å². The molecular formula is C56H67N9O5. The number of likely N-dealkylation sites (tertiary alicyclic amines) is 3. The van der Waals surface area contributed by atoms with Gasteiger partial charge < -0.3 is 30.7 Å². The van der Waals surface area contributed by atoms with Crippen LogP contribution in [0, 0.1) is 36.5 Å². The first-order valence-corrected chi connectivity index (χ1v) is 25.6. The number of benzene rings is 4. The molecule has 0 spiro atoms. The van der Waals surface area contributed by atoms with Gasteiger partial charge in [-0.05, 0) is 136 Å². The Labute approximate surface area is 410 Å². The van der Waals surface area contributed by atoms with Crippen molar-refractivity contribution in [2.45, 2.75) is 83.3 Å². The maximum Gasteiger partial charge on any atom is 0.329 e. The van der Waals surface area contributed by atoms with Crippen LogP contribution in [-0.4, -0.2) is 119 Å². The average Bonchev–Trinajstić information content (AvgIpc) is 3.61. The fourth-order valence-electron chi connectivity index (χ4n) is 11.5. The van der Waals surface area contributed by atoms with E-state index < -0.39 is 6.04 Å². The predicted octanol–water partition coefficient (Wildman–Crippen LogP) is 6.21. The van der Waals surface area contributed by atoms with Crippen molar-refractivity contribution in [3.05, 3.63) is 106 Å². The Bertz CT molecular complexity index is 2940. The number of nitrogens with one attached hydrogen (secondary N) is 3. The highest BCUT2D eigenvalue weighted by Gasteiger charge is 2.36. The molecule has 5 aromatic rings. The molecular weight excluding hydrogens is 879 g/mol. The van der Waals surface area contributed by atoms with Gasteiger partial charge in [-0.25, -0.2) is 4.79 Å². The number of nitrogens with zero attached hydrogens (tertiary/aromatic N) is 6. The minimum absolute atomic E-state index is 0.0156. The van der Waals surface area contributed by atoms with E-state index in [0.717, 1.165) is 147 Å². The van der Waals surface area contributed by atoms with E-state index in [1.165, 1.54) is 7.05 Å². The SMILES string of the molecule is Cc1ccc(NC2CNC2)cc1C(=O)N[C@H](C)c1ccc(C#CC2CCN(CC3CCN(C(=O)C4CCN(c5ccc6c(c5)n(C)c(=O)n6C5CCC(=O)N(C)C5=O)CC4)CC3)CC2)c2ccccc12. The van der Waals surface area contributed by atoms with Crippen molar-refractivity contribution in [2.75, 3.05) is 76.2 Å². The van der Waals surface area contributed by atoms with E-state index in [4.69, 9.17) is 0 Å². The summed E-state index contributed by atoms with van der Waals surface area (Å²) < 4.78 is 3.13. The van der Waals surface area contributed by atoms with Gasteiger partial charge in [-0.15, -0.1) is 0 Å². The van der Waals surface area contributed by atoms with Gasteiger partial charge in [0.05, 0.1) is 23.1 Å². The number of imide groups is 1. The fraction of sp³-hybridized carbons (Fsp3) is 0.482. The van der Waals surface area contributed by atoms with Crippen molar-refractivity contribution >= 4 is 56.8 Å². The Morgan fingerprint density at radius 3 is 2.27 bits per heavy atom. The van der Waals surface area contributed by atoms with Gasteiger partial charge in [0.2, 0.25) is 11.8 Å². The van der Waals surface area contributed by atoms with Gasteiger partial charge in [-0.1, -0.05) is 48.2 Å². The first-order chi connectivity index (χ1) is 33.9. The monoisotopic (exact) mass is 946 g/mol. The molecule has 1 unspecified atom stereocenters. The number of carbonyl (C=O) groups excluding carboxylic acids is 4.